The van der Waals surface area contributed by atoms with E-state index in [1.165, 1.54) is 0 Å². The van der Waals surface area contributed by atoms with Gasteiger partial charge in [0.05, 0.1) is 17.9 Å². The summed E-state index contributed by atoms with van der Waals surface area (Å²) in [7, 11) is -2.97. The van der Waals surface area contributed by atoms with Crippen molar-refractivity contribution in [3.8, 4) is 0 Å². The molecule has 5 nitrogen and oxygen atoms in total. The molecule has 0 spiro atoms. The van der Waals surface area contributed by atoms with Crippen LogP contribution in [0.3, 0.4) is 0 Å². The average molecular weight is 282 g/mol. The normalized spacial score (nSPS) is 21.2. The van der Waals surface area contributed by atoms with Gasteiger partial charge in [0.1, 0.15) is 0 Å². The summed E-state index contributed by atoms with van der Waals surface area (Å²) < 4.78 is 23.0. The Kier molecular flexibility index (Phi) is 4.19. The number of pyridine rings is 1. The van der Waals surface area contributed by atoms with E-state index < -0.39 is 9.84 Å². The van der Waals surface area contributed by atoms with E-state index in [0.717, 1.165) is 0 Å². The maximum absolute atomic E-state index is 12.2. The zero-order valence-corrected chi connectivity index (χ0v) is 11.8. The minimum Gasteiger partial charge on any atom is -0.339 e. The standard InChI is InChI=1S/C13H18N2O3S/c1-2-15(12-6-8-19(17,18)10-12)13(16)9-11-5-3-4-7-14-11/h3-5,7,12H,2,6,8-10H2,1H3. The number of amides is 1. The third kappa shape index (κ3) is 3.53. The lowest BCUT2D eigenvalue weighted by Crippen LogP contribution is -2.41. The quantitative estimate of drug-likeness (QED) is 0.813. The topological polar surface area (TPSA) is 67.3 Å². The van der Waals surface area contributed by atoms with E-state index in [1.54, 1.807) is 23.2 Å². The van der Waals surface area contributed by atoms with Gasteiger partial charge in [-0.25, -0.2) is 8.42 Å². The molecule has 1 aromatic heterocycles. The Labute approximate surface area is 113 Å². The van der Waals surface area contributed by atoms with Gasteiger partial charge in [-0.1, -0.05) is 6.07 Å². The minimum atomic E-state index is -2.97. The molecule has 1 atom stereocenters. The summed E-state index contributed by atoms with van der Waals surface area (Å²) in [6, 6.07) is 5.27. The van der Waals surface area contributed by atoms with Gasteiger partial charge in [0.15, 0.2) is 9.84 Å². The molecule has 1 fully saturated rings. The van der Waals surface area contributed by atoms with Crippen molar-refractivity contribution in [1.82, 2.24) is 9.88 Å². The van der Waals surface area contributed by atoms with Crippen molar-refractivity contribution in [3.63, 3.8) is 0 Å². The summed E-state index contributed by atoms with van der Waals surface area (Å²) in [5.74, 6) is 0.225. The molecule has 0 aliphatic carbocycles. The van der Waals surface area contributed by atoms with Gasteiger partial charge in [0.2, 0.25) is 5.91 Å². The molecule has 1 aliphatic heterocycles. The van der Waals surface area contributed by atoms with Crippen LogP contribution in [0.5, 0.6) is 0 Å². The van der Waals surface area contributed by atoms with E-state index in [-0.39, 0.29) is 29.9 Å². The Morgan fingerprint density at radius 3 is 2.79 bits per heavy atom. The fraction of sp³-hybridized carbons (Fsp3) is 0.538. The van der Waals surface area contributed by atoms with Gasteiger partial charge in [-0.2, -0.15) is 0 Å². The number of carbonyl (C=O) groups excluding carboxylic acids is 1. The van der Waals surface area contributed by atoms with Crippen molar-refractivity contribution in [1.29, 1.82) is 0 Å². The van der Waals surface area contributed by atoms with E-state index in [4.69, 9.17) is 0 Å². The third-order valence-electron chi connectivity index (χ3n) is 3.37. The first-order valence-electron chi connectivity index (χ1n) is 6.41. The Morgan fingerprint density at radius 1 is 1.47 bits per heavy atom. The van der Waals surface area contributed by atoms with Gasteiger partial charge in [0.25, 0.3) is 0 Å². The number of hydrogen-bond donors (Lipinski definition) is 0. The molecule has 2 heterocycles. The van der Waals surface area contributed by atoms with Crippen molar-refractivity contribution < 1.29 is 13.2 Å². The fourth-order valence-electron chi connectivity index (χ4n) is 2.42. The van der Waals surface area contributed by atoms with Gasteiger partial charge in [-0.15, -0.1) is 0 Å². The van der Waals surface area contributed by atoms with Crippen LogP contribution in [-0.2, 0) is 21.1 Å². The molecule has 0 radical (unpaired) electrons. The van der Waals surface area contributed by atoms with Crippen molar-refractivity contribution in [2.24, 2.45) is 0 Å². The highest BCUT2D eigenvalue weighted by Crippen LogP contribution is 2.18. The van der Waals surface area contributed by atoms with Crippen LogP contribution in [0.1, 0.15) is 19.0 Å². The van der Waals surface area contributed by atoms with Crippen LogP contribution in [0.4, 0.5) is 0 Å². The summed E-state index contributed by atoms with van der Waals surface area (Å²) in [5, 5.41) is 0. The summed E-state index contributed by atoms with van der Waals surface area (Å²) >= 11 is 0. The molecule has 6 heteroatoms. The van der Waals surface area contributed by atoms with Crippen LogP contribution in [0, 0.1) is 0 Å². The Bertz CT molecular complexity index is 542. The van der Waals surface area contributed by atoms with Gasteiger partial charge >= 0.3 is 0 Å². The van der Waals surface area contributed by atoms with Crippen LogP contribution >= 0.6 is 0 Å². The van der Waals surface area contributed by atoms with Crippen molar-refractivity contribution in [2.45, 2.75) is 25.8 Å². The molecular formula is C13H18N2O3S. The molecule has 1 amide bonds. The molecular weight excluding hydrogens is 264 g/mol. The van der Waals surface area contributed by atoms with Crippen LogP contribution < -0.4 is 0 Å². The van der Waals surface area contributed by atoms with Gasteiger partial charge in [0, 0.05) is 24.5 Å². The summed E-state index contributed by atoms with van der Waals surface area (Å²) in [4.78, 5) is 18.0. The Balaban J connectivity index is 2.04. The molecule has 104 valence electrons. The Morgan fingerprint density at radius 2 is 2.26 bits per heavy atom. The number of carbonyl (C=O) groups is 1. The van der Waals surface area contributed by atoms with Crippen molar-refractivity contribution in [2.75, 3.05) is 18.1 Å². The number of rotatable bonds is 4. The van der Waals surface area contributed by atoms with Crippen molar-refractivity contribution >= 4 is 15.7 Å². The second-order valence-electron chi connectivity index (χ2n) is 4.73. The molecule has 19 heavy (non-hydrogen) atoms. The first-order chi connectivity index (χ1) is 9.02. The third-order valence-corrected chi connectivity index (χ3v) is 5.12. The molecule has 2 rings (SSSR count). The van der Waals surface area contributed by atoms with E-state index in [9.17, 15) is 13.2 Å². The second kappa shape index (κ2) is 5.69. The molecule has 0 N–H and O–H groups in total. The molecule has 1 saturated heterocycles. The van der Waals surface area contributed by atoms with E-state index >= 15 is 0 Å². The molecule has 1 unspecified atom stereocenters. The maximum Gasteiger partial charge on any atom is 0.228 e. The van der Waals surface area contributed by atoms with Crippen LogP contribution in [0.2, 0.25) is 0 Å². The highest BCUT2D eigenvalue weighted by Gasteiger charge is 2.33. The molecule has 1 aliphatic rings. The maximum atomic E-state index is 12.2. The van der Waals surface area contributed by atoms with Crippen LogP contribution in [0.15, 0.2) is 24.4 Å². The number of sulfone groups is 1. The fourth-order valence-corrected chi connectivity index (χ4v) is 4.15. The number of nitrogens with zero attached hydrogens (tertiary/aromatic N) is 2. The van der Waals surface area contributed by atoms with Crippen molar-refractivity contribution in [3.05, 3.63) is 30.1 Å². The first kappa shape index (κ1) is 14.0. The van der Waals surface area contributed by atoms with Crippen LogP contribution in [-0.4, -0.2) is 48.3 Å². The van der Waals surface area contributed by atoms with E-state index in [0.29, 0.717) is 18.7 Å². The lowest BCUT2D eigenvalue weighted by Gasteiger charge is -2.26. The predicted octanol–water partition coefficient (Wildman–Crippen LogP) is 0.660. The predicted molar refractivity (Wildman–Crippen MR) is 72.4 cm³/mol. The monoisotopic (exact) mass is 282 g/mol. The lowest BCUT2D eigenvalue weighted by atomic mass is 10.2. The van der Waals surface area contributed by atoms with Gasteiger partial charge in [-0.05, 0) is 25.5 Å². The molecule has 0 bridgehead atoms. The van der Waals surface area contributed by atoms with E-state index in [2.05, 4.69) is 4.98 Å². The van der Waals surface area contributed by atoms with Gasteiger partial charge < -0.3 is 4.90 Å². The summed E-state index contributed by atoms with van der Waals surface area (Å²) in [6.07, 6.45) is 2.42. The molecule has 0 aromatic carbocycles. The first-order valence-corrected chi connectivity index (χ1v) is 8.24. The summed E-state index contributed by atoms with van der Waals surface area (Å²) in [5.41, 5.74) is 0.715. The average Bonchev–Trinajstić information content (AvgIpc) is 2.72. The lowest BCUT2D eigenvalue weighted by molar-refractivity contribution is -0.132. The highest BCUT2D eigenvalue weighted by atomic mass is 32.2. The van der Waals surface area contributed by atoms with Gasteiger partial charge in [-0.3, -0.25) is 9.78 Å². The SMILES string of the molecule is CCN(C(=O)Cc1ccccn1)C1CCS(=O)(=O)C1. The van der Waals surface area contributed by atoms with Crippen LogP contribution in [0.25, 0.3) is 0 Å². The minimum absolute atomic E-state index is 0.0525. The Hall–Kier alpha value is -1.43. The highest BCUT2D eigenvalue weighted by molar-refractivity contribution is 7.91. The number of likely N-dealkylation sites (N-methyl/N-ethyl adjacent to an activating group) is 1. The largest absolute Gasteiger partial charge is 0.339 e. The molecule has 0 saturated carbocycles. The molecule has 1 aromatic rings. The second-order valence-corrected chi connectivity index (χ2v) is 6.96. The number of hydrogen-bond acceptors (Lipinski definition) is 4. The zero-order chi connectivity index (χ0) is 13.9. The van der Waals surface area contributed by atoms with E-state index in [1.807, 2.05) is 13.0 Å². The number of aromatic nitrogens is 1. The smallest absolute Gasteiger partial charge is 0.228 e. The zero-order valence-electron chi connectivity index (χ0n) is 10.9. The summed E-state index contributed by atoms with van der Waals surface area (Å²) in [6.45, 7) is 2.41.